The molecule has 1 aliphatic carbocycles. The summed E-state index contributed by atoms with van der Waals surface area (Å²) in [7, 11) is -1.70. The van der Waals surface area contributed by atoms with Crippen LogP contribution in [0.4, 0.5) is 0 Å². The van der Waals surface area contributed by atoms with E-state index in [1.54, 1.807) is 12.0 Å². The smallest absolute Gasteiger partial charge is 0.226 e. The van der Waals surface area contributed by atoms with Gasteiger partial charge >= 0.3 is 0 Å². The third-order valence-electron chi connectivity index (χ3n) is 6.56. The van der Waals surface area contributed by atoms with Crippen LogP contribution in [-0.4, -0.2) is 73.2 Å². The first kappa shape index (κ1) is 18.9. The Morgan fingerprint density at radius 2 is 2.03 bits per heavy atom. The highest BCUT2D eigenvalue weighted by atomic mass is 32.2. The number of amides is 1. The number of ether oxygens (including phenoxy) is 1. The van der Waals surface area contributed by atoms with Crippen molar-refractivity contribution in [3.05, 3.63) is 29.5 Å². The van der Waals surface area contributed by atoms with E-state index in [1.807, 2.05) is 18.2 Å². The summed E-state index contributed by atoms with van der Waals surface area (Å²) in [6.45, 7) is 0.918. The quantitative estimate of drug-likeness (QED) is 0.769. The van der Waals surface area contributed by atoms with Crippen LogP contribution in [0, 0.1) is 5.92 Å². The Morgan fingerprint density at radius 3 is 2.62 bits per heavy atom. The molecule has 1 amide bonds. The van der Waals surface area contributed by atoms with Gasteiger partial charge in [-0.3, -0.25) is 4.79 Å². The maximum atomic E-state index is 13.0. The lowest BCUT2D eigenvalue weighted by atomic mass is 9.70. The molecule has 29 heavy (non-hydrogen) atoms. The Labute approximate surface area is 169 Å². The number of aromatic amines is 1. The summed E-state index contributed by atoms with van der Waals surface area (Å²) >= 11 is 0. The van der Waals surface area contributed by atoms with Crippen LogP contribution in [0.5, 0.6) is 5.75 Å². The molecule has 0 unspecified atom stereocenters. The zero-order chi connectivity index (χ0) is 20.6. The van der Waals surface area contributed by atoms with Gasteiger partial charge in [-0.05, 0) is 30.5 Å². The fraction of sp³-hybridized carbons (Fsp3) is 0.550. The first-order valence-corrected chi connectivity index (χ1v) is 11.7. The number of H-pyrrole nitrogens is 1. The SMILES string of the molecule is COc1ccc2c3c([nH]c2c1)[C@H](CO)N(C(=O)C1CC1)CC31CN(S(C)(=O)=O)C1. The normalized spacial score (nSPS) is 23.8. The predicted octanol–water partition coefficient (Wildman–Crippen LogP) is 0.975. The van der Waals surface area contributed by atoms with Crippen LogP contribution in [0.1, 0.15) is 30.1 Å². The zero-order valence-electron chi connectivity index (χ0n) is 16.5. The predicted molar refractivity (Wildman–Crippen MR) is 107 cm³/mol. The molecule has 1 saturated heterocycles. The van der Waals surface area contributed by atoms with Crippen LogP contribution in [0.15, 0.2) is 18.2 Å². The van der Waals surface area contributed by atoms with E-state index in [-0.39, 0.29) is 18.4 Å². The highest BCUT2D eigenvalue weighted by Gasteiger charge is 2.56. The zero-order valence-corrected chi connectivity index (χ0v) is 17.3. The number of hydrogen-bond acceptors (Lipinski definition) is 5. The number of hydrogen-bond donors (Lipinski definition) is 2. The molecule has 156 valence electrons. The minimum Gasteiger partial charge on any atom is -0.497 e. The van der Waals surface area contributed by atoms with Gasteiger partial charge in [0.15, 0.2) is 0 Å². The summed E-state index contributed by atoms with van der Waals surface area (Å²) in [6, 6.07) is 5.30. The number of carbonyl (C=O) groups excluding carboxylic acids is 1. The van der Waals surface area contributed by atoms with E-state index < -0.39 is 21.5 Å². The standard InChI is InChI=1S/C20H25N3O5S/c1-28-13-5-6-14-15(7-13)21-18-16(8-24)23(19(25)12-3-4-12)11-20(17(14)18)9-22(10-20)29(2,26)27/h5-7,12,16,21,24H,3-4,8-11H2,1-2H3/t16-/m0/s1. The lowest BCUT2D eigenvalue weighted by molar-refractivity contribution is -0.139. The van der Waals surface area contributed by atoms with Gasteiger partial charge in [-0.1, -0.05) is 0 Å². The van der Waals surface area contributed by atoms with Crippen LogP contribution in [0.2, 0.25) is 0 Å². The Morgan fingerprint density at radius 1 is 1.31 bits per heavy atom. The van der Waals surface area contributed by atoms with E-state index in [9.17, 15) is 18.3 Å². The Kier molecular flexibility index (Phi) is 4.04. The van der Waals surface area contributed by atoms with Crippen molar-refractivity contribution in [2.75, 3.05) is 39.6 Å². The second kappa shape index (κ2) is 6.20. The number of aliphatic hydroxyl groups excluding tert-OH is 1. The summed E-state index contributed by atoms with van der Waals surface area (Å²) in [6.07, 6.45) is 2.98. The number of rotatable bonds is 4. The molecule has 2 aliphatic heterocycles. The van der Waals surface area contributed by atoms with Gasteiger partial charge in [-0.15, -0.1) is 0 Å². The van der Waals surface area contributed by atoms with Crippen molar-refractivity contribution < 1.29 is 23.1 Å². The molecule has 1 saturated carbocycles. The van der Waals surface area contributed by atoms with Crippen LogP contribution in [0.25, 0.3) is 10.9 Å². The van der Waals surface area contributed by atoms with E-state index in [2.05, 4.69) is 4.98 Å². The molecule has 1 atom stereocenters. The van der Waals surface area contributed by atoms with E-state index in [0.717, 1.165) is 35.0 Å². The molecule has 8 nitrogen and oxygen atoms in total. The third kappa shape index (κ3) is 2.78. The first-order valence-electron chi connectivity index (χ1n) is 9.84. The highest BCUT2D eigenvalue weighted by Crippen LogP contribution is 2.50. The van der Waals surface area contributed by atoms with Crippen molar-refractivity contribution in [3.63, 3.8) is 0 Å². The van der Waals surface area contributed by atoms with E-state index in [0.29, 0.717) is 25.4 Å². The second-order valence-electron chi connectivity index (χ2n) is 8.58. The summed E-state index contributed by atoms with van der Waals surface area (Å²) in [4.78, 5) is 18.2. The van der Waals surface area contributed by atoms with Crippen molar-refractivity contribution >= 4 is 26.8 Å². The number of aliphatic hydroxyl groups is 1. The van der Waals surface area contributed by atoms with E-state index >= 15 is 0 Å². The monoisotopic (exact) mass is 419 g/mol. The number of methoxy groups -OCH3 is 1. The number of fused-ring (bicyclic) bond motifs is 4. The molecule has 2 N–H and O–H groups in total. The van der Waals surface area contributed by atoms with Gasteiger partial charge < -0.3 is 19.7 Å². The summed E-state index contributed by atoms with van der Waals surface area (Å²) in [5.74, 6) is 0.796. The first-order chi connectivity index (χ1) is 13.8. The van der Waals surface area contributed by atoms with Crippen molar-refractivity contribution in [1.29, 1.82) is 0 Å². The molecule has 2 fully saturated rings. The number of nitrogens with one attached hydrogen (secondary N) is 1. The van der Waals surface area contributed by atoms with Gasteiger partial charge in [0.1, 0.15) is 5.75 Å². The van der Waals surface area contributed by atoms with E-state index in [4.69, 9.17) is 4.74 Å². The van der Waals surface area contributed by atoms with Gasteiger partial charge in [-0.25, -0.2) is 12.7 Å². The third-order valence-corrected chi connectivity index (χ3v) is 7.75. The molecule has 1 aromatic carbocycles. The van der Waals surface area contributed by atoms with Crippen LogP contribution < -0.4 is 4.74 Å². The average molecular weight is 420 g/mol. The minimum atomic E-state index is -3.30. The molecule has 5 rings (SSSR count). The molecule has 0 bridgehead atoms. The number of benzene rings is 1. The molecular formula is C20H25N3O5S. The van der Waals surface area contributed by atoms with Crippen LogP contribution >= 0.6 is 0 Å². The average Bonchev–Trinajstić information content (AvgIpc) is 3.43. The van der Waals surface area contributed by atoms with Gasteiger partial charge in [0.2, 0.25) is 15.9 Å². The number of nitrogens with zero attached hydrogens (tertiary/aromatic N) is 2. The van der Waals surface area contributed by atoms with Crippen LogP contribution in [-0.2, 0) is 20.2 Å². The highest BCUT2D eigenvalue weighted by molar-refractivity contribution is 7.88. The lowest BCUT2D eigenvalue weighted by Gasteiger charge is -2.55. The van der Waals surface area contributed by atoms with Gasteiger partial charge in [0.05, 0.1) is 26.0 Å². The van der Waals surface area contributed by atoms with Gasteiger partial charge in [0.25, 0.3) is 0 Å². The molecule has 0 radical (unpaired) electrons. The Bertz CT molecular complexity index is 1100. The molecular weight excluding hydrogens is 394 g/mol. The fourth-order valence-electron chi connectivity index (χ4n) is 4.92. The minimum absolute atomic E-state index is 0.0261. The topological polar surface area (TPSA) is 103 Å². The molecule has 2 aromatic rings. The second-order valence-corrected chi connectivity index (χ2v) is 10.6. The fourth-order valence-corrected chi connectivity index (χ4v) is 5.89. The number of aromatic nitrogens is 1. The number of carbonyl (C=O) groups is 1. The molecule has 9 heteroatoms. The Hall–Kier alpha value is -2.10. The number of sulfonamides is 1. The summed E-state index contributed by atoms with van der Waals surface area (Å²) in [5, 5.41) is 11.2. The molecule has 1 spiro atoms. The lowest BCUT2D eigenvalue weighted by Crippen LogP contribution is -2.68. The molecule has 3 heterocycles. The Balaban J connectivity index is 1.67. The maximum absolute atomic E-state index is 13.0. The molecule has 3 aliphatic rings. The summed E-state index contributed by atoms with van der Waals surface area (Å²) in [5.41, 5.74) is 2.23. The van der Waals surface area contributed by atoms with Gasteiger partial charge in [-0.2, -0.15) is 0 Å². The van der Waals surface area contributed by atoms with E-state index in [1.165, 1.54) is 10.6 Å². The van der Waals surface area contributed by atoms with Crippen molar-refractivity contribution in [2.45, 2.75) is 24.3 Å². The van der Waals surface area contributed by atoms with Crippen LogP contribution in [0.3, 0.4) is 0 Å². The summed E-state index contributed by atoms with van der Waals surface area (Å²) < 4.78 is 30.9. The van der Waals surface area contributed by atoms with Crippen molar-refractivity contribution in [1.82, 2.24) is 14.2 Å². The maximum Gasteiger partial charge on any atom is 0.226 e. The largest absolute Gasteiger partial charge is 0.497 e. The van der Waals surface area contributed by atoms with Crippen molar-refractivity contribution in [2.24, 2.45) is 5.92 Å². The molecule has 1 aromatic heterocycles. The van der Waals surface area contributed by atoms with Crippen molar-refractivity contribution in [3.8, 4) is 5.75 Å². The van der Waals surface area contributed by atoms with Gasteiger partial charge in [0, 0.05) is 53.6 Å².